The zero-order valence-corrected chi connectivity index (χ0v) is 10.8. The molecule has 0 aliphatic carbocycles. The van der Waals surface area contributed by atoms with Crippen molar-refractivity contribution >= 4 is 5.97 Å². The smallest absolute Gasteiger partial charge is 0.336 e. The first-order valence-corrected chi connectivity index (χ1v) is 5.90. The first-order valence-electron chi connectivity index (χ1n) is 5.90. The predicted octanol–water partition coefficient (Wildman–Crippen LogP) is 3.98. The molecule has 2 nitrogen and oxygen atoms in total. The number of aryl methyl sites for hydroxylation is 3. The Morgan fingerprint density at radius 2 is 1.67 bits per heavy atom. The summed E-state index contributed by atoms with van der Waals surface area (Å²) in [6.07, 6.45) is 0. The number of carboxylic acid groups (broad SMARTS) is 1. The van der Waals surface area contributed by atoms with Crippen LogP contribution in [0.2, 0.25) is 0 Å². The molecule has 0 heterocycles. The Hall–Kier alpha value is -2.09. The predicted molar refractivity (Wildman–Crippen MR) is 73.0 cm³/mol. The van der Waals surface area contributed by atoms with Gasteiger partial charge in [-0.3, -0.25) is 0 Å². The van der Waals surface area contributed by atoms with Crippen molar-refractivity contribution in [1.29, 1.82) is 0 Å². The molecule has 0 unspecified atom stereocenters. The van der Waals surface area contributed by atoms with Crippen molar-refractivity contribution in [3.05, 3.63) is 58.7 Å². The maximum Gasteiger partial charge on any atom is 0.336 e. The first kappa shape index (κ1) is 12.4. The van der Waals surface area contributed by atoms with E-state index in [4.69, 9.17) is 0 Å². The number of aromatic carboxylic acids is 1. The Bertz CT molecular complexity index is 612. The van der Waals surface area contributed by atoms with Gasteiger partial charge in [0, 0.05) is 0 Å². The molecule has 0 aliphatic rings. The van der Waals surface area contributed by atoms with Gasteiger partial charge in [0.05, 0.1) is 5.56 Å². The molecule has 18 heavy (non-hydrogen) atoms. The van der Waals surface area contributed by atoms with E-state index in [1.54, 1.807) is 6.07 Å². The molecule has 0 radical (unpaired) electrons. The number of hydrogen-bond acceptors (Lipinski definition) is 1. The molecule has 2 rings (SSSR count). The maximum atomic E-state index is 11.3. The van der Waals surface area contributed by atoms with Crippen LogP contribution in [0.15, 0.2) is 36.4 Å². The summed E-state index contributed by atoms with van der Waals surface area (Å²) in [6, 6.07) is 11.6. The van der Waals surface area contributed by atoms with Crippen molar-refractivity contribution in [2.45, 2.75) is 20.8 Å². The molecule has 0 bridgehead atoms. The number of carboxylic acids is 1. The van der Waals surface area contributed by atoms with Crippen molar-refractivity contribution < 1.29 is 9.90 Å². The van der Waals surface area contributed by atoms with Gasteiger partial charge in [-0.05, 0) is 49.1 Å². The van der Waals surface area contributed by atoms with Gasteiger partial charge < -0.3 is 5.11 Å². The van der Waals surface area contributed by atoms with Crippen LogP contribution < -0.4 is 0 Å². The van der Waals surface area contributed by atoms with Crippen LogP contribution in [0, 0.1) is 20.8 Å². The van der Waals surface area contributed by atoms with Gasteiger partial charge >= 0.3 is 5.97 Å². The largest absolute Gasteiger partial charge is 0.478 e. The highest BCUT2D eigenvalue weighted by Gasteiger charge is 2.12. The Kier molecular flexibility index (Phi) is 3.19. The topological polar surface area (TPSA) is 37.3 Å². The van der Waals surface area contributed by atoms with Crippen LogP contribution in [0.1, 0.15) is 27.0 Å². The van der Waals surface area contributed by atoms with Crippen LogP contribution in [0.5, 0.6) is 0 Å². The van der Waals surface area contributed by atoms with E-state index in [-0.39, 0.29) is 0 Å². The lowest BCUT2D eigenvalue weighted by Crippen LogP contribution is -2.00. The molecular weight excluding hydrogens is 224 g/mol. The average molecular weight is 240 g/mol. The van der Waals surface area contributed by atoms with Gasteiger partial charge in [0.15, 0.2) is 0 Å². The first-order chi connectivity index (χ1) is 8.49. The molecule has 0 fully saturated rings. The van der Waals surface area contributed by atoms with E-state index < -0.39 is 5.97 Å². The second kappa shape index (κ2) is 4.65. The highest BCUT2D eigenvalue weighted by molar-refractivity contribution is 5.96. The van der Waals surface area contributed by atoms with Crippen LogP contribution in [-0.4, -0.2) is 11.1 Å². The lowest BCUT2D eigenvalue weighted by atomic mass is 9.95. The van der Waals surface area contributed by atoms with Crippen molar-refractivity contribution in [1.82, 2.24) is 0 Å². The van der Waals surface area contributed by atoms with Gasteiger partial charge in [0.25, 0.3) is 0 Å². The molecule has 0 saturated carbocycles. The summed E-state index contributed by atoms with van der Waals surface area (Å²) < 4.78 is 0. The lowest BCUT2D eigenvalue weighted by molar-refractivity contribution is 0.0697. The van der Waals surface area contributed by atoms with Gasteiger partial charge in [-0.1, -0.05) is 35.9 Å². The van der Waals surface area contributed by atoms with Crippen molar-refractivity contribution in [3.63, 3.8) is 0 Å². The van der Waals surface area contributed by atoms with Crippen LogP contribution in [0.25, 0.3) is 11.1 Å². The van der Waals surface area contributed by atoms with E-state index in [0.717, 1.165) is 16.7 Å². The SMILES string of the molecule is Cc1ccc(-c2ccc(C)c(C)c2)c(C(=O)O)c1. The van der Waals surface area contributed by atoms with Crippen molar-refractivity contribution in [2.75, 3.05) is 0 Å². The Labute approximate surface area is 107 Å². The van der Waals surface area contributed by atoms with Crippen LogP contribution in [0.3, 0.4) is 0 Å². The summed E-state index contributed by atoms with van der Waals surface area (Å²) in [5.41, 5.74) is 5.43. The zero-order chi connectivity index (χ0) is 13.3. The normalized spacial score (nSPS) is 10.4. The lowest BCUT2D eigenvalue weighted by Gasteiger charge is -2.09. The fourth-order valence-corrected chi connectivity index (χ4v) is 2.00. The summed E-state index contributed by atoms with van der Waals surface area (Å²) in [6.45, 7) is 5.98. The molecule has 0 amide bonds. The molecule has 0 aromatic heterocycles. The van der Waals surface area contributed by atoms with Gasteiger partial charge in [-0.25, -0.2) is 4.79 Å². The second-order valence-corrected chi connectivity index (χ2v) is 4.65. The van der Waals surface area contributed by atoms with Crippen LogP contribution in [-0.2, 0) is 0 Å². The highest BCUT2D eigenvalue weighted by atomic mass is 16.4. The molecule has 0 aliphatic heterocycles. The summed E-state index contributed by atoms with van der Waals surface area (Å²) >= 11 is 0. The maximum absolute atomic E-state index is 11.3. The van der Waals surface area contributed by atoms with Gasteiger partial charge in [-0.15, -0.1) is 0 Å². The Morgan fingerprint density at radius 3 is 2.28 bits per heavy atom. The van der Waals surface area contributed by atoms with Gasteiger partial charge in [0.1, 0.15) is 0 Å². The number of carbonyl (C=O) groups is 1. The molecule has 2 aromatic carbocycles. The minimum atomic E-state index is -0.882. The van der Waals surface area contributed by atoms with Gasteiger partial charge in [0.2, 0.25) is 0 Å². The molecular formula is C16H16O2. The fourth-order valence-electron chi connectivity index (χ4n) is 2.00. The van der Waals surface area contributed by atoms with E-state index in [1.807, 2.05) is 51.1 Å². The molecule has 92 valence electrons. The van der Waals surface area contributed by atoms with E-state index in [2.05, 4.69) is 0 Å². The molecule has 2 aromatic rings. The number of benzene rings is 2. The number of rotatable bonds is 2. The van der Waals surface area contributed by atoms with Crippen LogP contribution in [0.4, 0.5) is 0 Å². The Morgan fingerprint density at radius 1 is 0.944 bits per heavy atom. The quantitative estimate of drug-likeness (QED) is 0.862. The third kappa shape index (κ3) is 2.28. The highest BCUT2D eigenvalue weighted by Crippen LogP contribution is 2.26. The van der Waals surface area contributed by atoms with Crippen molar-refractivity contribution in [3.8, 4) is 11.1 Å². The van der Waals surface area contributed by atoms with E-state index in [1.165, 1.54) is 11.1 Å². The minimum Gasteiger partial charge on any atom is -0.478 e. The number of hydrogen-bond donors (Lipinski definition) is 1. The monoisotopic (exact) mass is 240 g/mol. The summed E-state index contributed by atoms with van der Waals surface area (Å²) in [5.74, 6) is -0.882. The van der Waals surface area contributed by atoms with Crippen molar-refractivity contribution in [2.24, 2.45) is 0 Å². The molecule has 0 spiro atoms. The van der Waals surface area contributed by atoms with Gasteiger partial charge in [-0.2, -0.15) is 0 Å². The van der Waals surface area contributed by atoms with E-state index in [9.17, 15) is 9.90 Å². The average Bonchev–Trinajstić information content (AvgIpc) is 2.32. The molecule has 1 N–H and O–H groups in total. The summed E-state index contributed by atoms with van der Waals surface area (Å²) in [7, 11) is 0. The second-order valence-electron chi connectivity index (χ2n) is 4.65. The molecule has 2 heteroatoms. The van der Waals surface area contributed by atoms with E-state index >= 15 is 0 Å². The third-order valence-electron chi connectivity index (χ3n) is 3.22. The fraction of sp³-hybridized carbons (Fsp3) is 0.188. The standard InChI is InChI=1S/C16H16O2/c1-10-4-7-14(15(8-10)16(17)18)13-6-5-11(2)12(3)9-13/h4-9H,1-3H3,(H,17,18). The Balaban J connectivity index is 2.63. The summed E-state index contributed by atoms with van der Waals surface area (Å²) in [5, 5.41) is 9.28. The molecule has 0 atom stereocenters. The van der Waals surface area contributed by atoms with E-state index in [0.29, 0.717) is 5.56 Å². The summed E-state index contributed by atoms with van der Waals surface area (Å²) in [4.78, 5) is 11.3. The van der Waals surface area contributed by atoms with Crippen LogP contribution >= 0.6 is 0 Å². The third-order valence-corrected chi connectivity index (χ3v) is 3.22. The molecule has 0 saturated heterocycles. The minimum absolute atomic E-state index is 0.359. The zero-order valence-electron chi connectivity index (χ0n) is 10.8.